The van der Waals surface area contributed by atoms with Crippen molar-refractivity contribution in [1.82, 2.24) is 0 Å². The summed E-state index contributed by atoms with van der Waals surface area (Å²) in [6, 6.07) is 6.26. The summed E-state index contributed by atoms with van der Waals surface area (Å²) in [5.41, 5.74) is 0.900. The normalized spacial score (nSPS) is 13.4. The highest BCUT2D eigenvalue weighted by atomic mass is 19.4. The predicted molar refractivity (Wildman–Crippen MR) is 65.5 cm³/mol. The van der Waals surface area contributed by atoms with Crippen LogP contribution < -0.4 is 4.74 Å². The molecule has 0 radical (unpaired) electrons. The third-order valence-electron chi connectivity index (χ3n) is 2.93. The highest BCUT2D eigenvalue weighted by Gasteiger charge is 2.31. The van der Waals surface area contributed by atoms with Crippen LogP contribution in [0.5, 0.6) is 5.75 Å². The monoisotopic (exact) mass is 260 g/mol. The summed E-state index contributed by atoms with van der Waals surface area (Å²) in [5, 5.41) is 0. The van der Waals surface area contributed by atoms with Gasteiger partial charge in [0.05, 0.1) is 0 Å². The van der Waals surface area contributed by atoms with Crippen LogP contribution >= 0.6 is 0 Å². The second-order valence-electron chi connectivity index (χ2n) is 4.46. The highest BCUT2D eigenvalue weighted by molar-refractivity contribution is 5.29. The Bertz CT molecular complexity index is 360. The van der Waals surface area contributed by atoms with Gasteiger partial charge in [-0.05, 0) is 30.0 Å². The molecule has 0 amide bonds. The summed E-state index contributed by atoms with van der Waals surface area (Å²) in [4.78, 5) is 0. The molecule has 0 saturated carbocycles. The van der Waals surface area contributed by atoms with Crippen LogP contribution in [0.3, 0.4) is 0 Å². The molecule has 0 aliphatic rings. The summed E-state index contributed by atoms with van der Waals surface area (Å²) < 4.78 is 40.2. The molecule has 1 unspecified atom stereocenters. The molecule has 0 fully saturated rings. The van der Waals surface area contributed by atoms with Crippen LogP contribution in [0.1, 0.15) is 38.7 Å². The summed E-state index contributed by atoms with van der Waals surface area (Å²) in [6.07, 6.45) is -0.581. The Morgan fingerprint density at radius 3 is 2.50 bits per heavy atom. The van der Waals surface area contributed by atoms with E-state index < -0.39 is 6.36 Å². The van der Waals surface area contributed by atoms with Gasteiger partial charge in [-0.25, -0.2) is 0 Å². The van der Waals surface area contributed by atoms with Crippen molar-refractivity contribution in [2.75, 3.05) is 0 Å². The van der Waals surface area contributed by atoms with Gasteiger partial charge in [-0.3, -0.25) is 0 Å². The smallest absolute Gasteiger partial charge is 0.406 e. The van der Waals surface area contributed by atoms with Crippen LogP contribution in [0.4, 0.5) is 13.2 Å². The van der Waals surface area contributed by atoms with E-state index in [9.17, 15) is 13.2 Å². The number of alkyl halides is 3. The molecule has 18 heavy (non-hydrogen) atoms. The molecule has 1 rings (SSSR count). The molecule has 0 spiro atoms. The number of hydrogen-bond donors (Lipinski definition) is 0. The molecule has 102 valence electrons. The average Bonchev–Trinajstić information content (AvgIpc) is 2.26. The standard InChI is InChI=1S/C14H19F3O/c1-3-6-11(4-2)9-12-7-5-8-13(10-12)18-14(15,16)17/h5,7-8,10-11H,3-4,6,9H2,1-2H3. The lowest BCUT2D eigenvalue weighted by Gasteiger charge is -2.15. The maximum absolute atomic E-state index is 12.1. The summed E-state index contributed by atoms with van der Waals surface area (Å²) in [6.45, 7) is 4.22. The lowest BCUT2D eigenvalue weighted by atomic mass is 9.93. The first kappa shape index (κ1) is 14.9. The average molecular weight is 260 g/mol. The van der Waals surface area contributed by atoms with Gasteiger partial charge in [0, 0.05) is 0 Å². The van der Waals surface area contributed by atoms with Gasteiger partial charge < -0.3 is 4.74 Å². The van der Waals surface area contributed by atoms with Crippen molar-refractivity contribution in [3.05, 3.63) is 29.8 Å². The maximum Gasteiger partial charge on any atom is 0.573 e. The Labute approximate surface area is 106 Å². The van der Waals surface area contributed by atoms with Crippen molar-refractivity contribution in [2.45, 2.75) is 45.9 Å². The third-order valence-corrected chi connectivity index (χ3v) is 2.93. The summed E-state index contributed by atoms with van der Waals surface area (Å²) in [7, 11) is 0. The fourth-order valence-electron chi connectivity index (χ4n) is 2.06. The molecule has 0 aliphatic carbocycles. The van der Waals surface area contributed by atoms with Gasteiger partial charge in [-0.1, -0.05) is 45.2 Å². The molecule has 0 saturated heterocycles. The molecule has 0 aromatic heterocycles. The molecule has 1 aromatic carbocycles. The van der Waals surface area contributed by atoms with Crippen molar-refractivity contribution < 1.29 is 17.9 Å². The maximum atomic E-state index is 12.1. The molecule has 1 atom stereocenters. The number of ether oxygens (including phenoxy) is 1. The second-order valence-corrected chi connectivity index (χ2v) is 4.46. The van der Waals surface area contributed by atoms with E-state index in [-0.39, 0.29) is 5.75 Å². The van der Waals surface area contributed by atoms with Gasteiger partial charge in [-0.15, -0.1) is 13.2 Å². The number of rotatable bonds is 6. The van der Waals surface area contributed by atoms with Crippen molar-refractivity contribution in [2.24, 2.45) is 5.92 Å². The van der Waals surface area contributed by atoms with E-state index >= 15 is 0 Å². The first-order valence-electron chi connectivity index (χ1n) is 6.29. The summed E-state index contributed by atoms with van der Waals surface area (Å²) >= 11 is 0. The molecule has 1 nitrogen and oxygen atoms in total. The first-order chi connectivity index (χ1) is 8.44. The molecule has 0 bridgehead atoms. The lowest BCUT2D eigenvalue weighted by molar-refractivity contribution is -0.274. The van der Waals surface area contributed by atoms with Crippen LogP contribution in [0.2, 0.25) is 0 Å². The van der Waals surface area contributed by atoms with Crippen molar-refractivity contribution in [3.63, 3.8) is 0 Å². The van der Waals surface area contributed by atoms with E-state index in [1.807, 2.05) is 6.07 Å². The fraction of sp³-hybridized carbons (Fsp3) is 0.571. The lowest BCUT2D eigenvalue weighted by Crippen LogP contribution is -2.17. The van der Waals surface area contributed by atoms with Crippen LogP contribution in [-0.4, -0.2) is 6.36 Å². The van der Waals surface area contributed by atoms with E-state index in [0.29, 0.717) is 5.92 Å². The quantitative estimate of drug-likeness (QED) is 0.702. The van der Waals surface area contributed by atoms with Gasteiger partial charge in [0.15, 0.2) is 0 Å². The van der Waals surface area contributed by atoms with E-state index in [1.54, 1.807) is 6.07 Å². The summed E-state index contributed by atoms with van der Waals surface area (Å²) in [5.74, 6) is 0.391. The Morgan fingerprint density at radius 2 is 1.94 bits per heavy atom. The van der Waals surface area contributed by atoms with Crippen molar-refractivity contribution in [1.29, 1.82) is 0 Å². The Kier molecular flexibility index (Phi) is 5.51. The largest absolute Gasteiger partial charge is 0.573 e. The van der Waals surface area contributed by atoms with E-state index in [1.165, 1.54) is 12.1 Å². The van der Waals surface area contributed by atoms with Crippen molar-refractivity contribution in [3.8, 4) is 5.75 Å². The predicted octanol–water partition coefficient (Wildman–Crippen LogP) is 4.95. The molecule has 4 heteroatoms. The van der Waals surface area contributed by atoms with Gasteiger partial charge in [0.25, 0.3) is 0 Å². The number of halogens is 3. The molecule has 0 heterocycles. The molecule has 1 aromatic rings. The van der Waals surface area contributed by atoms with Crippen molar-refractivity contribution >= 4 is 0 Å². The second kappa shape index (κ2) is 6.66. The van der Waals surface area contributed by atoms with Crippen LogP contribution in [-0.2, 0) is 6.42 Å². The zero-order chi connectivity index (χ0) is 13.6. The van der Waals surface area contributed by atoms with Crippen LogP contribution in [0.15, 0.2) is 24.3 Å². The fourth-order valence-corrected chi connectivity index (χ4v) is 2.06. The van der Waals surface area contributed by atoms with Gasteiger partial charge in [-0.2, -0.15) is 0 Å². The topological polar surface area (TPSA) is 9.23 Å². The number of benzene rings is 1. The number of hydrogen-bond acceptors (Lipinski definition) is 1. The SMILES string of the molecule is CCCC(CC)Cc1cccc(OC(F)(F)F)c1. The minimum absolute atomic E-state index is 0.133. The minimum atomic E-state index is -4.62. The van der Waals surface area contributed by atoms with Gasteiger partial charge in [0.1, 0.15) is 5.75 Å². The van der Waals surface area contributed by atoms with Gasteiger partial charge in [0.2, 0.25) is 0 Å². The van der Waals surface area contributed by atoms with E-state index in [0.717, 1.165) is 31.2 Å². The zero-order valence-corrected chi connectivity index (χ0v) is 10.8. The Balaban J connectivity index is 2.69. The molecule has 0 N–H and O–H groups in total. The van der Waals surface area contributed by atoms with Crippen LogP contribution in [0, 0.1) is 5.92 Å². The third kappa shape index (κ3) is 5.43. The van der Waals surface area contributed by atoms with E-state index in [4.69, 9.17) is 0 Å². The molecular weight excluding hydrogens is 241 g/mol. The Hall–Kier alpha value is -1.19. The van der Waals surface area contributed by atoms with Crippen LogP contribution in [0.25, 0.3) is 0 Å². The van der Waals surface area contributed by atoms with Gasteiger partial charge >= 0.3 is 6.36 Å². The highest BCUT2D eigenvalue weighted by Crippen LogP contribution is 2.25. The molecule has 0 aliphatic heterocycles. The Morgan fingerprint density at radius 1 is 1.22 bits per heavy atom. The van der Waals surface area contributed by atoms with E-state index in [2.05, 4.69) is 18.6 Å². The zero-order valence-electron chi connectivity index (χ0n) is 10.8. The first-order valence-corrected chi connectivity index (χ1v) is 6.29. The molecular formula is C14H19F3O. The minimum Gasteiger partial charge on any atom is -0.406 e.